The highest BCUT2D eigenvalue weighted by Gasteiger charge is 2.36. The summed E-state index contributed by atoms with van der Waals surface area (Å²) in [5.41, 5.74) is 2.40. The van der Waals surface area contributed by atoms with Crippen molar-refractivity contribution in [2.24, 2.45) is 5.41 Å². The number of carbonyl (C=O) groups is 1. The van der Waals surface area contributed by atoms with Gasteiger partial charge in [-0.05, 0) is 26.7 Å². The zero-order valence-corrected chi connectivity index (χ0v) is 14.4. The molecule has 1 aliphatic heterocycles. The van der Waals surface area contributed by atoms with E-state index in [1.165, 1.54) is 4.52 Å². The van der Waals surface area contributed by atoms with E-state index in [0.717, 1.165) is 30.8 Å². The maximum atomic E-state index is 12.7. The van der Waals surface area contributed by atoms with E-state index in [4.69, 9.17) is 0 Å². The summed E-state index contributed by atoms with van der Waals surface area (Å²) in [6, 6.07) is 1.88. The summed E-state index contributed by atoms with van der Waals surface area (Å²) < 4.78 is 1.48. The van der Waals surface area contributed by atoms with Crippen molar-refractivity contribution in [3.63, 3.8) is 0 Å². The molecule has 1 aliphatic rings. The molecule has 2 aromatic rings. The van der Waals surface area contributed by atoms with Gasteiger partial charge < -0.3 is 4.90 Å². The molecule has 0 bridgehead atoms. The summed E-state index contributed by atoms with van der Waals surface area (Å²) in [7, 11) is 0. The minimum Gasteiger partial charge on any atom is -0.334 e. The van der Waals surface area contributed by atoms with Crippen LogP contribution in [0.3, 0.4) is 0 Å². The predicted molar refractivity (Wildman–Crippen MR) is 88.4 cm³/mol. The Morgan fingerprint density at radius 3 is 2.70 bits per heavy atom. The van der Waals surface area contributed by atoms with E-state index < -0.39 is 5.41 Å². The highest BCUT2D eigenvalue weighted by atomic mass is 16.2. The van der Waals surface area contributed by atoms with Crippen LogP contribution in [-0.2, 0) is 4.79 Å². The first-order valence-corrected chi connectivity index (χ1v) is 8.10. The van der Waals surface area contributed by atoms with Crippen molar-refractivity contribution < 1.29 is 4.79 Å². The number of aryl methyl sites for hydroxylation is 1. The lowest BCUT2D eigenvalue weighted by Crippen LogP contribution is -2.39. The van der Waals surface area contributed by atoms with Crippen LogP contribution in [0.1, 0.15) is 56.6 Å². The maximum absolute atomic E-state index is 12.7. The molecule has 2 aromatic heterocycles. The standard InChI is InChI=1S/C17H24N4O2/c1-10-11(2)18-14-9-12(19-21(14)15(10)22)13-7-6-8-20(13)16(23)17(3,4)5/h9,13,19H,6-8H2,1-5H3/t13-/m1/s1. The molecule has 23 heavy (non-hydrogen) atoms. The number of amides is 1. The lowest BCUT2D eigenvalue weighted by Gasteiger charge is -2.30. The molecule has 0 aliphatic carbocycles. The highest BCUT2D eigenvalue weighted by molar-refractivity contribution is 5.82. The van der Waals surface area contributed by atoms with E-state index in [2.05, 4.69) is 10.1 Å². The molecule has 124 valence electrons. The van der Waals surface area contributed by atoms with Crippen LogP contribution in [-0.4, -0.2) is 31.9 Å². The lowest BCUT2D eigenvalue weighted by atomic mass is 9.94. The van der Waals surface area contributed by atoms with Crippen LogP contribution in [0, 0.1) is 19.3 Å². The number of likely N-dealkylation sites (tertiary alicyclic amines) is 1. The van der Waals surface area contributed by atoms with Gasteiger partial charge in [0.15, 0.2) is 5.65 Å². The molecular formula is C17H24N4O2. The van der Waals surface area contributed by atoms with Crippen LogP contribution >= 0.6 is 0 Å². The van der Waals surface area contributed by atoms with Crippen molar-refractivity contribution in [2.75, 3.05) is 6.54 Å². The SMILES string of the molecule is Cc1nc2cc([C@H]3CCCN3C(=O)C(C)(C)C)[nH]n2c(=O)c1C. The van der Waals surface area contributed by atoms with Crippen molar-refractivity contribution in [2.45, 2.75) is 53.5 Å². The van der Waals surface area contributed by atoms with Crippen LogP contribution < -0.4 is 5.56 Å². The Balaban J connectivity index is 2.04. The fourth-order valence-electron chi connectivity index (χ4n) is 3.17. The summed E-state index contributed by atoms with van der Waals surface area (Å²) in [6.07, 6.45) is 1.88. The quantitative estimate of drug-likeness (QED) is 0.878. The van der Waals surface area contributed by atoms with Crippen molar-refractivity contribution >= 4 is 11.6 Å². The fourth-order valence-corrected chi connectivity index (χ4v) is 3.17. The van der Waals surface area contributed by atoms with Crippen molar-refractivity contribution in [1.82, 2.24) is 19.5 Å². The topological polar surface area (TPSA) is 70.5 Å². The Morgan fingerprint density at radius 2 is 2.04 bits per heavy atom. The van der Waals surface area contributed by atoms with Gasteiger partial charge in [-0.3, -0.25) is 14.7 Å². The summed E-state index contributed by atoms with van der Waals surface area (Å²) in [4.78, 5) is 31.4. The van der Waals surface area contributed by atoms with Gasteiger partial charge >= 0.3 is 0 Å². The summed E-state index contributed by atoms with van der Waals surface area (Å²) >= 11 is 0. The Hall–Kier alpha value is -2.11. The van der Waals surface area contributed by atoms with Crippen LogP contribution in [0.5, 0.6) is 0 Å². The second kappa shape index (κ2) is 5.22. The van der Waals surface area contributed by atoms with E-state index in [9.17, 15) is 9.59 Å². The average molecular weight is 316 g/mol. The molecule has 1 fully saturated rings. The average Bonchev–Trinajstić information content (AvgIpc) is 3.09. The molecule has 1 atom stereocenters. The Kier molecular flexibility index (Phi) is 3.58. The molecule has 3 rings (SSSR count). The lowest BCUT2D eigenvalue weighted by molar-refractivity contribution is -0.140. The Labute approximate surface area is 135 Å². The van der Waals surface area contributed by atoms with Gasteiger partial charge in [0.25, 0.3) is 5.56 Å². The van der Waals surface area contributed by atoms with E-state index >= 15 is 0 Å². The molecule has 0 unspecified atom stereocenters. The number of hydrogen-bond acceptors (Lipinski definition) is 3. The van der Waals surface area contributed by atoms with Gasteiger partial charge in [0.05, 0.1) is 11.7 Å². The second-order valence-electron chi connectivity index (χ2n) is 7.44. The van der Waals surface area contributed by atoms with E-state index in [1.807, 2.05) is 38.7 Å². The number of carbonyl (C=O) groups excluding carboxylic acids is 1. The molecule has 1 saturated heterocycles. The summed E-state index contributed by atoms with van der Waals surface area (Å²) in [5.74, 6) is 0.145. The highest BCUT2D eigenvalue weighted by Crippen LogP contribution is 2.34. The third-order valence-electron chi connectivity index (χ3n) is 4.62. The van der Waals surface area contributed by atoms with Gasteiger partial charge in [0.1, 0.15) is 0 Å². The molecule has 0 aromatic carbocycles. The van der Waals surface area contributed by atoms with E-state index in [0.29, 0.717) is 11.2 Å². The van der Waals surface area contributed by atoms with E-state index in [-0.39, 0.29) is 17.5 Å². The van der Waals surface area contributed by atoms with Crippen LogP contribution in [0.2, 0.25) is 0 Å². The number of fused-ring (bicyclic) bond motifs is 1. The summed E-state index contributed by atoms with van der Waals surface area (Å²) in [5, 5.41) is 3.16. The fraction of sp³-hybridized carbons (Fsp3) is 0.588. The van der Waals surface area contributed by atoms with Gasteiger partial charge in [-0.15, -0.1) is 0 Å². The Bertz CT molecular complexity index is 825. The number of aromatic nitrogens is 3. The molecule has 3 heterocycles. The Morgan fingerprint density at radius 1 is 1.35 bits per heavy atom. The largest absolute Gasteiger partial charge is 0.334 e. The number of nitrogens with zero attached hydrogens (tertiary/aromatic N) is 3. The third-order valence-corrected chi connectivity index (χ3v) is 4.62. The van der Waals surface area contributed by atoms with Crippen LogP contribution in [0.4, 0.5) is 0 Å². The van der Waals surface area contributed by atoms with Gasteiger partial charge in [0.2, 0.25) is 5.91 Å². The van der Waals surface area contributed by atoms with E-state index in [1.54, 1.807) is 6.92 Å². The molecule has 1 amide bonds. The minimum atomic E-state index is -0.406. The van der Waals surface area contributed by atoms with Crippen molar-refractivity contribution in [1.29, 1.82) is 0 Å². The number of rotatable bonds is 1. The van der Waals surface area contributed by atoms with Crippen molar-refractivity contribution in [3.05, 3.63) is 33.4 Å². The first kappa shape index (κ1) is 15.8. The molecule has 0 spiro atoms. The predicted octanol–water partition coefficient (Wildman–Crippen LogP) is 2.35. The monoisotopic (exact) mass is 316 g/mol. The first-order chi connectivity index (χ1) is 10.7. The summed E-state index contributed by atoms with van der Waals surface area (Å²) in [6.45, 7) is 10.2. The molecule has 1 N–H and O–H groups in total. The molecule has 0 radical (unpaired) electrons. The van der Waals surface area contributed by atoms with Gasteiger partial charge in [-0.2, -0.15) is 0 Å². The zero-order valence-electron chi connectivity index (χ0n) is 14.4. The number of hydrogen-bond donors (Lipinski definition) is 1. The molecule has 6 nitrogen and oxygen atoms in total. The van der Waals surface area contributed by atoms with Gasteiger partial charge in [-0.25, -0.2) is 9.50 Å². The minimum absolute atomic E-state index is 0.0107. The normalized spacial score (nSPS) is 18.8. The smallest absolute Gasteiger partial charge is 0.275 e. The molecule has 0 saturated carbocycles. The molecular weight excluding hydrogens is 292 g/mol. The third kappa shape index (κ3) is 2.56. The van der Waals surface area contributed by atoms with Gasteiger partial charge in [-0.1, -0.05) is 20.8 Å². The van der Waals surface area contributed by atoms with Crippen LogP contribution in [0.25, 0.3) is 5.65 Å². The zero-order chi connectivity index (χ0) is 16.9. The number of H-pyrrole nitrogens is 1. The number of aromatic amines is 1. The second-order valence-corrected chi connectivity index (χ2v) is 7.44. The first-order valence-electron chi connectivity index (χ1n) is 8.10. The molecule has 6 heteroatoms. The van der Waals surface area contributed by atoms with Crippen molar-refractivity contribution in [3.8, 4) is 0 Å². The van der Waals surface area contributed by atoms with Gasteiger partial charge in [0, 0.05) is 29.3 Å². The maximum Gasteiger partial charge on any atom is 0.275 e. The number of nitrogens with one attached hydrogen (secondary N) is 1. The van der Waals surface area contributed by atoms with Crippen LogP contribution in [0.15, 0.2) is 10.9 Å².